The summed E-state index contributed by atoms with van der Waals surface area (Å²) < 4.78 is 46.3. The van der Waals surface area contributed by atoms with Gasteiger partial charge in [-0.25, -0.2) is 13.9 Å². The van der Waals surface area contributed by atoms with E-state index in [0.29, 0.717) is 17.1 Å². The number of benzene rings is 3. The number of aryl methyl sites for hydroxylation is 2. The number of ether oxygens (including phenoxy) is 3. The molecule has 3 aromatic rings. The molecule has 1 saturated heterocycles. The Kier molecular flexibility index (Phi) is 8.90. The molecule has 1 fully saturated rings. The first-order chi connectivity index (χ1) is 22.4. The number of aliphatic hydroxyl groups is 1. The van der Waals surface area contributed by atoms with Crippen molar-refractivity contribution in [3.8, 4) is 33.9 Å². The summed E-state index contributed by atoms with van der Waals surface area (Å²) in [6.07, 6.45) is -1.81. The van der Waals surface area contributed by atoms with Crippen LogP contribution in [0.1, 0.15) is 23.8 Å². The molecule has 3 N–H and O–H groups in total. The molecule has 14 nitrogen and oxygen atoms in total. The molecular weight excluding hydrogens is 635 g/mol. The fourth-order valence-corrected chi connectivity index (χ4v) is 6.07. The minimum absolute atomic E-state index is 0.0166. The van der Waals surface area contributed by atoms with E-state index in [9.17, 15) is 28.9 Å². The van der Waals surface area contributed by atoms with Gasteiger partial charge in [0.05, 0.1) is 19.8 Å². The number of aromatic amines is 1. The first-order valence-electron chi connectivity index (χ1n) is 14.5. The molecule has 1 aromatic heterocycles. The zero-order valence-corrected chi connectivity index (χ0v) is 26.4. The zero-order valence-electron chi connectivity index (χ0n) is 25.5. The molecule has 1 aliphatic carbocycles. The van der Waals surface area contributed by atoms with Crippen LogP contribution < -0.4 is 26.2 Å². The van der Waals surface area contributed by atoms with Gasteiger partial charge in [0.15, 0.2) is 12.2 Å². The number of hydrogen-bond donors (Lipinski definition) is 3. The van der Waals surface area contributed by atoms with Gasteiger partial charge in [0, 0.05) is 46.8 Å². The first-order valence-corrected chi connectivity index (χ1v) is 16.0. The molecule has 15 heteroatoms. The maximum atomic E-state index is 12.6. The SMILES string of the molecule is COc1ccc(-c2c3ccc(=O)cc-3oc3cc(OCOP(=O)(O)OC[C@H]4O[C@@H](n5cc(C)c(=O)[nH]c5=O)C[C@H]4O)ccc23)c(C)c1. The molecule has 0 radical (unpaired) electrons. The van der Waals surface area contributed by atoms with Crippen molar-refractivity contribution >= 4 is 18.8 Å². The third-order valence-electron chi connectivity index (χ3n) is 7.87. The number of aromatic nitrogens is 2. The number of rotatable bonds is 10. The Morgan fingerprint density at radius 3 is 2.51 bits per heavy atom. The highest BCUT2D eigenvalue weighted by molar-refractivity contribution is 7.47. The number of nitrogens with zero attached hydrogens (tertiary/aromatic N) is 1. The average Bonchev–Trinajstić information content (AvgIpc) is 3.40. The lowest BCUT2D eigenvalue weighted by atomic mass is 9.91. The lowest BCUT2D eigenvalue weighted by Crippen LogP contribution is -2.33. The van der Waals surface area contributed by atoms with Crippen molar-refractivity contribution in [3.05, 3.63) is 103 Å². The summed E-state index contributed by atoms with van der Waals surface area (Å²) >= 11 is 0. The molecule has 6 rings (SSSR count). The summed E-state index contributed by atoms with van der Waals surface area (Å²) in [5.74, 6) is 1.32. The van der Waals surface area contributed by atoms with Crippen molar-refractivity contribution in [1.29, 1.82) is 0 Å². The second-order valence-electron chi connectivity index (χ2n) is 11.0. The Morgan fingerprint density at radius 2 is 1.74 bits per heavy atom. The van der Waals surface area contributed by atoms with Gasteiger partial charge in [-0.1, -0.05) is 6.07 Å². The van der Waals surface area contributed by atoms with Crippen molar-refractivity contribution in [2.24, 2.45) is 0 Å². The summed E-state index contributed by atoms with van der Waals surface area (Å²) in [6.45, 7) is 2.27. The van der Waals surface area contributed by atoms with E-state index in [4.69, 9.17) is 27.7 Å². The standard InChI is InChI=1S/C32H31N2O12P/c1-17-10-20(41-3)5-8-22(17)30-23-7-4-19(35)11-26(23)45-27-12-21(6-9-24(27)30)42-16-44-47(39,40)43-15-28-25(36)13-29(46-28)34-14-18(2)31(37)33-32(34)38/h4-12,14,25,28-29,36H,13,15-16H2,1-3H3,(H,39,40)(H,33,37,38)/t25-,28-,29-/m1/s1. The Balaban J connectivity index is 1.14. The van der Waals surface area contributed by atoms with Gasteiger partial charge in [-0.2, -0.15) is 0 Å². The topological polar surface area (TPSA) is 189 Å². The van der Waals surface area contributed by atoms with Crippen molar-refractivity contribution in [3.63, 3.8) is 0 Å². The van der Waals surface area contributed by atoms with Gasteiger partial charge in [0.1, 0.15) is 35.2 Å². The van der Waals surface area contributed by atoms with Crippen LogP contribution in [0.4, 0.5) is 0 Å². The lowest BCUT2D eigenvalue weighted by molar-refractivity contribution is -0.0488. The molecule has 0 amide bonds. The molecule has 1 unspecified atom stereocenters. The Hall–Kier alpha value is -4.56. The highest BCUT2D eigenvalue weighted by atomic mass is 31.2. The maximum absolute atomic E-state index is 12.6. The molecule has 0 spiro atoms. The summed E-state index contributed by atoms with van der Waals surface area (Å²) in [5, 5.41) is 11.1. The van der Waals surface area contributed by atoms with Gasteiger partial charge >= 0.3 is 13.5 Å². The lowest BCUT2D eigenvalue weighted by Gasteiger charge is -2.19. The monoisotopic (exact) mass is 666 g/mol. The molecule has 2 aliphatic heterocycles. The van der Waals surface area contributed by atoms with Crippen LogP contribution in [-0.4, -0.2) is 52.3 Å². The van der Waals surface area contributed by atoms with Crippen LogP contribution in [0.5, 0.6) is 11.5 Å². The van der Waals surface area contributed by atoms with Gasteiger partial charge in [0.25, 0.3) is 5.56 Å². The molecule has 2 aromatic carbocycles. The van der Waals surface area contributed by atoms with E-state index in [0.717, 1.165) is 32.2 Å². The quantitative estimate of drug-likeness (QED) is 0.111. The number of H-pyrrole nitrogens is 1. The van der Waals surface area contributed by atoms with E-state index in [2.05, 4.69) is 4.98 Å². The van der Waals surface area contributed by atoms with Crippen molar-refractivity contribution in [2.75, 3.05) is 20.5 Å². The first kappa shape index (κ1) is 32.4. The van der Waals surface area contributed by atoms with E-state index in [-0.39, 0.29) is 23.2 Å². The van der Waals surface area contributed by atoms with E-state index < -0.39 is 50.9 Å². The fraction of sp³-hybridized carbons (Fsp3) is 0.281. The van der Waals surface area contributed by atoms with Crippen LogP contribution in [0.3, 0.4) is 0 Å². The number of phosphoric ester groups is 1. The van der Waals surface area contributed by atoms with Crippen LogP contribution in [0.25, 0.3) is 33.4 Å². The predicted molar refractivity (Wildman–Crippen MR) is 169 cm³/mol. The third kappa shape index (κ3) is 6.79. The Bertz CT molecular complexity index is 2160. The summed E-state index contributed by atoms with van der Waals surface area (Å²) in [5.41, 5.74) is 2.64. The number of nitrogens with one attached hydrogen (secondary N) is 1. The summed E-state index contributed by atoms with van der Waals surface area (Å²) in [7, 11) is -3.08. The number of hydrogen-bond acceptors (Lipinski definition) is 11. The molecule has 246 valence electrons. The van der Waals surface area contributed by atoms with E-state index in [1.54, 1.807) is 31.4 Å². The van der Waals surface area contributed by atoms with Gasteiger partial charge in [-0.15, -0.1) is 0 Å². The van der Waals surface area contributed by atoms with E-state index in [1.165, 1.54) is 25.3 Å². The van der Waals surface area contributed by atoms with Crippen molar-refractivity contribution in [1.82, 2.24) is 9.55 Å². The normalized spacial score (nSPS) is 19.2. The predicted octanol–water partition coefficient (Wildman–Crippen LogP) is 3.86. The van der Waals surface area contributed by atoms with Gasteiger partial charge in [-0.05, 0) is 61.4 Å². The average molecular weight is 667 g/mol. The highest BCUT2D eigenvalue weighted by Gasteiger charge is 2.37. The Morgan fingerprint density at radius 1 is 0.979 bits per heavy atom. The van der Waals surface area contributed by atoms with E-state index in [1.807, 2.05) is 25.1 Å². The van der Waals surface area contributed by atoms with Crippen molar-refractivity contribution < 1.29 is 42.2 Å². The minimum atomic E-state index is -4.67. The minimum Gasteiger partial charge on any atom is -0.497 e. The van der Waals surface area contributed by atoms with Gasteiger partial charge in [-0.3, -0.25) is 23.7 Å². The van der Waals surface area contributed by atoms with Gasteiger partial charge in [0.2, 0.25) is 0 Å². The summed E-state index contributed by atoms with van der Waals surface area (Å²) in [4.78, 5) is 48.4. The molecule has 0 saturated carbocycles. The Labute approximate surface area is 266 Å². The largest absolute Gasteiger partial charge is 0.497 e. The number of fused-ring (bicyclic) bond motifs is 2. The van der Waals surface area contributed by atoms with Crippen LogP contribution in [0.2, 0.25) is 0 Å². The van der Waals surface area contributed by atoms with Gasteiger partial charge < -0.3 is 28.6 Å². The van der Waals surface area contributed by atoms with Crippen LogP contribution in [0.15, 0.2) is 79.6 Å². The summed E-state index contributed by atoms with van der Waals surface area (Å²) in [6, 6.07) is 15.3. The molecule has 3 heterocycles. The van der Waals surface area contributed by atoms with E-state index >= 15 is 0 Å². The smallest absolute Gasteiger partial charge is 0.475 e. The van der Waals surface area contributed by atoms with Crippen molar-refractivity contribution in [2.45, 2.75) is 38.7 Å². The second kappa shape index (κ2) is 12.9. The van der Waals surface area contributed by atoms with Crippen LogP contribution in [-0.2, 0) is 18.3 Å². The molecular formula is C32H31N2O12P. The fourth-order valence-electron chi connectivity index (χ4n) is 5.48. The molecule has 4 atom stereocenters. The number of aliphatic hydroxyl groups excluding tert-OH is 1. The van der Waals surface area contributed by atoms with Crippen LogP contribution in [0, 0.1) is 13.8 Å². The number of methoxy groups -OCH3 is 1. The molecule has 47 heavy (non-hydrogen) atoms. The maximum Gasteiger partial charge on any atom is 0.475 e. The zero-order chi connectivity index (χ0) is 33.5. The number of phosphoric acid groups is 1. The third-order valence-corrected chi connectivity index (χ3v) is 8.78. The highest BCUT2D eigenvalue weighted by Crippen LogP contribution is 2.45. The molecule has 3 aliphatic rings. The van der Waals surface area contributed by atoms with Crippen LogP contribution >= 0.6 is 7.82 Å². The second-order valence-corrected chi connectivity index (χ2v) is 12.5. The molecule has 0 bridgehead atoms.